The first kappa shape index (κ1) is 14.6. The Morgan fingerprint density at radius 3 is 2.41 bits per heavy atom. The average molecular weight is 257 g/mol. The second-order valence-corrected chi connectivity index (χ2v) is 5.03. The molecule has 1 aliphatic carbocycles. The van der Waals surface area contributed by atoms with Crippen molar-refractivity contribution in [1.29, 1.82) is 0 Å². The van der Waals surface area contributed by atoms with Gasteiger partial charge in [0.1, 0.15) is 0 Å². The van der Waals surface area contributed by atoms with Crippen LogP contribution in [0.15, 0.2) is 18.3 Å². The maximum Gasteiger partial charge on any atom is 0.0361 e. The van der Waals surface area contributed by atoms with Gasteiger partial charge >= 0.3 is 0 Å². The number of hydrogen-bond acceptors (Lipinski definition) is 1. The summed E-state index contributed by atoms with van der Waals surface area (Å²) in [6.45, 7) is 1.02. The molecule has 1 heterocycles. The van der Waals surface area contributed by atoms with Crippen LogP contribution in [0.4, 0.5) is 0 Å². The molecule has 1 fully saturated rings. The summed E-state index contributed by atoms with van der Waals surface area (Å²) in [5, 5.41) is 3.71. The molecule has 17 heavy (non-hydrogen) atoms. The zero-order valence-corrected chi connectivity index (χ0v) is 11.6. The van der Waals surface area contributed by atoms with Crippen LogP contribution < -0.4 is 5.32 Å². The van der Waals surface area contributed by atoms with Gasteiger partial charge in [0, 0.05) is 31.5 Å². The Morgan fingerprint density at radius 1 is 1.18 bits per heavy atom. The molecule has 2 nitrogen and oxygen atoms in total. The second kappa shape index (κ2) is 7.78. The number of rotatable bonds is 3. The first-order valence-electron chi connectivity index (χ1n) is 6.70. The number of hydrogen-bond donors (Lipinski definition) is 1. The zero-order valence-electron chi connectivity index (χ0n) is 10.8. The van der Waals surface area contributed by atoms with Crippen LogP contribution in [0.3, 0.4) is 0 Å². The topological polar surface area (TPSA) is 17.0 Å². The van der Waals surface area contributed by atoms with Crippen molar-refractivity contribution < 1.29 is 0 Å². The van der Waals surface area contributed by atoms with Crippen LogP contribution in [-0.4, -0.2) is 10.6 Å². The van der Waals surface area contributed by atoms with Crippen molar-refractivity contribution in [3.8, 4) is 0 Å². The highest BCUT2D eigenvalue weighted by molar-refractivity contribution is 5.85. The van der Waals surface area contributed by atoms with Crippen LogP contribution >= 0.6 is 12.4 Å². The van der Waals surface area contributed by atoms with E-state index in [9.17, 15) is 0 Å². The van der Waals surface area contributed by atoms with E-state index in [2.05, 4.69) is 35.3 Å². The van der Waals surface area contributed by atoms with Crippen LogP contribution in [0.25, 0.3) is 0 Å². The van der Waals surface area contributed by atoms with Gasteiger partial charge in [0.05, 0.1) is 0 Å². The summed E-state index contributed by atoms with van der Waals surface area (Å²) in [4.78, 5) is 0. The highest BCUT2D eigenvalue weighted by Crippen LogP contribution is 2.17. The molecule has 0 atom stereocenters. The monoisotopic (exact) mass is 256 g/mol. The van der Waals surface area contributed by atoms with E-state index < -0.39 is 0 Å². The predicted molar refractivity (Wildman–Crippen MR) is 75.6 cm³/mol. The minimum atomic E-state index is 0. The van der Waals surface area contributed by atoms with Gasteiger partial charge in [0.15, 0.2) is 0 Å². The normalized spacial score (nSPS) is 18.2. The Morgan fingerprint density at radius 2 is 1.82 bits per heavy atom. The Hall–Kier alpha value is -0.470. The molecule has 0 spiro atoms. The molecule has 1 N–H and O–H groups in total. The smallest absolute Gasteiger partial charge is 0.0361 e. The third-order valence-electron chi connectivity index (χ3n) is 3.73. The molecule has 0 saturated heterocycles. The van der Waals surface area contributed by atoms with E-state index in [1.54, 1.807) is 0 Å². The second-order valence-electron chi connectivity index (χ2n) is 5.03. The van der Waals surface area contributed by atoms with Gasteiger partial charge in [-0.15, -0.1) is 12.4 Å². The standard InChI is InChI=1S/C14H24N2.ClH/c1-16-11-7-10-14(16)12-15-13-8-5-3-2-4-6-9-13;/h7,10-11,13,15H,2-6,8-9,12H2,1H3;1H. The number of nitrogens with one attached hydrogen (secondary N) is 1. The van der Waals surface area contributed by atoms with E-state index in [-0.39, 0.29) is 12.4 Å². The molecular formula is C14H25ClN2. The summed E-state index contributed by atoms with van der Waals surface area (Å²) in [5.41, 5.74) is 1.39. The zero-order chi connectivity index (χ0) is 11.2. The molecule has 1 saturated carbocycles. The maximum absolute atomic E-state index is 3.71. The number of aromatic nitrogens is 1. The van der Waals surface area contributed by atoms with E-state index in [1.165, 1.54) is 50.6 Å². The van der Waals surface area contributed by atoms with E-state index in [1.807, 2.05) is 0 Å². The highest BCUT2D eigenvalue weighted by atomic mass is 35.5. The first-order chi connectivity index (χ1) is 7.86. The summed E-state index contributed by atoms with van der Waals surface area (Å²) in [7, 11) is 2.12. The van der Waals surface area contributed by atoms with Crippen LogP contribution in [0.5, 0.6) is 0 Å². The van der Waals surface area contributed by atoms with E-state index >= 15 is 0 Å². The molecule has 98 valence electrons. The fourth-order valence-corrected chi connectivity index (χ4v) is 2.59. The quantitative estimate of drug-likeness (QED) is 0.874. The predicted octanol–water partition coefficient (Wildman–Crippen LogP) is 3.65. The Kier molecular flexibility index (Phi) is 6.68. The summed E-state index contributed by atoms with van der Waals surface area (Å²) in [6.07, 6.45) is 12.0. The van der Waals surface area contributed by atoms with Crippen molar-refractivity contribution in [2.24, 2.45) is 7.05 Å². The summed E-state index contributed by atoms with van der Waals surface area (Å²) in [5.74, 6) is 0. The lowest BCUT2D eigenvalue weighted by molar-refractivity contribution is 0.386. The third-order valence-corrected chi connectivity index (χ3v) is 3.73. The Balaban J connectivity index is 0.00000144. The largest absolute Gasteiger partial charge is 0.353 e. The fourth-order valence-electron chi connectivity index (χ4n) is 2.59. The Bertz CT molecular complexity index is 301. The molecule has 0 aliphatic heterocycles. The summed E-state index contributed by atoms with van der Waals surface area (Å²) >= 11 is 0. The lowest BCUT2D eigenvalue weighted by atomic mass is 9.97. The molecule has 1 aromatic heterocycles. The molecule has 1 aliphatic rings. The molecule has 2 rings (SSSR count). The molecule has 0 bridgehead atoms. The van der Waals surface area contributed by atoms with Crippen LogP contribution in [0, 0.1) is 0 Å². The van der Waals surface area contributed by atoms with Crippen molar-refractivity contribution in [3.63, 3.8) is 0 Å². The molecule has 0 amide bonds. The van der Waals surface area contributed by atoms with Gasteiger partial charge in [-0.05, 0) is 25.0 Å². The number of aryl methyl sites for hydroxylation is 1. The van der Waals surface area contributed by atoms with Crippen molar-refractivity contribution >= 4 is 12.4 Å². The summed E-state index contributed by atoms with van der Waals surface area (Å²) in [6, 6.07) is 5.07. The lowest BCUT2D eigenvalue weighted by Crippen LogP contribution is -2.29. The van der Waals surface area contributed by atoms with Crippen molar-refractivity contribution in [2.45, 2.75) is 57.5 Å². The van der Waals surface area contributed by atoms with Gasteiger partial charge < -0.3 is 9.88 Å². The fraction of sp³-hybridized carbons (Fsp3) is 0.714. The van der Waals surface area contributed by atoms with Gasteiger partial charge in [-0.3, -0.25) is 0 Å². The van der Waals surface area contributed by atoms with Gasteiger partial charge in [-0.25, -0.2) is 0 Å². The molecule has 0 aromatic carbocycles. The van der Waals surface area contributed by atoms with Crippen molar-refractivity contribution in [1.82, 2.24) is 9.88 Å². The third kappa shape index (κ3) is 4.72. The molecular weight excluding hydrogens is 232 g/mol. The average Bonchev–Trinajstić information content (AvgIpc) is 2.63. The van der Waals surface area contributed by atoms with Crippen molar-refractivity contribution in [2.75, 3.05) is 0 Å². The number of halogens is 1. The minimum absolute atomic E-state index is 0. The summed E-state index contributed by atoms with van der Waals surface area (Å²) < 4.78 is 2.20. The first-order valence-corrected chi connectivity index (χ1v) is 6.70. The van der Waals surface area contributed by atoms with Crippen LogP contribution in [-0.2, 0) is 13.6 Å². The van der Waals surface area contributed by atoms with Gasteiger partial charge in [0.25, 0.3) is 0 Å². The lowest BCUT2D eigenvalue weighted by Gasteiger charge is -2.21. The van der Waals surface area contributed by atoms with E-state index in [0.29, 0.717) is 0 Å². The molecule has 1 aromatic rings. The van der Waals surface area contributed by atoms with Crippen molar-refractivity contribution in [3.05, 3.63) is 24.0 Å². The number of nitrogens with zero attached hydrogens (tertiary/aromatic N) is 1. The van der Waals surface area contributed by atoms with Crippen LogP contribution in [0.2, 0.25) is 0 Å². The highest BCUT2D eigenvalue weighted by Gasteiger charge is 2.10. The van der Waals surface area contributed by atoms with E-state index in [0.717, 1.165) is 12.6 Å². The molecule has 3 heteroatoms. The van der Waals surface area contributed by atoms with E-state index in [4.69, 9.17) is 0 Å². The maximum atomic E-state index is 3.71. The Labute approximate surface area is 111 Å². The molecule has 0 radical (unpaired) electrons. The van der Waals surface area contributed by atoms with Crippen LogP contribution in [0.1, 0.15) is 50.6 Å². The van der Waals surface area contributed by atoms with Gasteiger partial charge in [-0.1, -0.05) is 32.1 Å². The van der Waals surface area contributed by atoms with Gasteiger partial charge in [-0.2, -0.15) is 0 Å². The molecule has 0 unspecified atom stereocenters. The minimum Gasteiger partial charge on any atom is -0.353 e. The SMILES string of the molecule is Cl.Cn1cccc1CNC1CCCCCCC1. The van der Waals surface area contributed by atoms with Gasteiger partial charge in [0.2, 0.25) is 0 Å².